The fourth-order valence-corrected chi connectivity index (χ4v) is 4.39. The molecular formula is C25H23N3O6. The Bertz CT molecular complexity index is 1450. The Morgan fingerprint density at radius 2 is 1.79 bits per heavy atom. The number of carbonyl (C=O) groups is 1. The number of aromatic nitrogens is 2. The number of anilines is 1. The summed E-state index contributed by atoms with van der Waals surface area (Å²) in [7, 11) is 3.00. The molecule has 3 aromatic rings. The predicted molar refractivity (Wildman–Crippen MR) is 124 cm³/mol. The highest BCUT2D eigenvalue weighted by Crippen LogP contribution is 2.43. The Hall–Kier alpha value is -4.27. The molecule has 3 heterocycles. The molecule has 174 valence electrons. The summed E-state index contributed by atoms with van der Waals surface area (Å²) >= 11 is 0. The fraction of sp³-hybridized carbons (Fsp3) is 0.240. The van der Waals surface area contributed by atoms with Crippen molar-refractivity contribution in [1.29, 1.82) is 0 Å². The molecule has 5 rings (SSSR count). The van der Waals surface area contributed by atoms with Gasteiger partial charge in [0.05, 0.1) is 17.1 Å². The average molecular weight is 461 g/mol. The number of hydrogen-bond acceptors (Lipinski definition) is 7. The second-order valence-electron chi connectivity index (χ2n) is 8.24. The lowest BCUT2D eigenvalue weighted by Gasteiger charge is -2.31. The molecule has 1 N–H and O–H groups in total. The zero-order valence-corrected chi connectivity index (χ0v) is 19.0. The first-order valence-corrected chi connectivity index (χ1v) is 10.7. The smallest absolute Gasteiger partial charge is 0.337 e. The third-order valence-corrected chi connectivity index (χ3v) is 6.15. The topological polar surface area (TPSA) is 101 Å². The molecule has 0 fully saturated rings. The Morgan fingerprint density at radius 1 is 1.06 bits per heavy atom. The van der Waals surface area contributed by atoms with Crippen molar-refractivity contribution in [3.63, 3.8) is 0 Å². The van der Waals surface area contributed by atoms with Crippen molar-refractivity contribution in [1.82, 2.24) is 9.13 Å². The molecule has 0 bridgehead atoms. The Kier molecular flexibility index (Phi) is 5.24. The van der Waals surface area contributed by atoms with E-state index in [2.05, 4.69) is 5.32 Å². The van der Waals surface area contributed by atoms with Gasteiger partial charge in [-0.2, -0.15) is 0 Å². The summed E-state index contributed by atoms with van der Waals surface area (Å²) in [5, 5.41) is 3.09. The van der Waals surface area contributed by atoms with Crippen molar-refractivity contribution in [2.45, 2.75) is 19.4 Å². The van der Waals surface area contributed by atoms with Crippen LogP contribution in [0.15, 0.2) is 69.4 Å². The molecule has 0 radical (unpaired) electrons. The molecule has 9 heteroatoms. The van der Waals surface area contributed by atoms with Crippen LogP contribution < -0.4 is 26.0 Å². The van der Waals surface area contributed by atoms with Gasteiger partial charge in [0.1, 0.15) is 12.4 Å². The highest BCUT2D eigenvalue weighted by atomic mass is 16.7. The highest BCUT2D eigenvalue weighted by Gasteiger charge is 2.38. The molecule has 0 spiro atoms. The number of nitrogens with one attached hydrogen (secondary N) is 1. The number of allylic oxidation sites excluding steroid dienone is 1. The van der Waals surface area contributed by atoms with Crippen LogP contribution in [0, 0.1) is 0 Å². The maximum Gasteiger partial charge on any atom is 0.337 e. The summed E-state index contributed by atoms with van der Waals surface area (Å²) in [6.07, 6.45) is 0. The zero-order valence-electron chi connectivity index (χ0n) is 19.0. The van der Waals surface area contributed by atoms with Crippen molar-refractivity contribution in [3.8, 4) is 11.5 Å². The van der Waals surface area contributed by atoms with E-state index in [0.29, 0.717) is 28.6 Å². The van der Waals surface area contributed by atoms with E-state index in [4.69, 9.17) is 14.2 Å². The molecule has 1 unspecified atom stereocenters. The number of hydrogen-bond donors (Lipinski definition) is 1. The van der Waals surface area contributed by atoms with Crippen LogP contribution in [0.5, 0.6) is 11.5 Å². The predicted octanol–water partition coefficient (Wildman–Crippen LogP) is 2.39. The monoisotopic (exact) mass is 461 g/mol. The fourth-order valence-electron chi connectivity index (χ4n) is 4.39. The van der Waals surface area contributed by atoms with Crippen LogP contribution in [0.1, 0.15) is 29.5 Å². The van der Waals surface area contributed by atoms with Crippen molar-refractivity contribution in [2.75, 3.05) is 12.1 Å². The van der Waals surface area contributed by atoms with Crippen LogP contribution >= 0.6 is 0 Å². The molecule has 0 amide bonds. The minimum Gasteiger partial charge on any atom is -0.457 e. The van der Waals surface area contributed by atoms with E-state index >= 15 is 0 Å². The molecule has 2 aliphatic rings. The Labute approximate surface area is 194 Å². The molecule has 1 atom stereocenters. The van der Waals surface area contributed by atoms with Crippen molar-refractivity contribution >= 4 is 11.8 Å². The largest absolute Gasteiger partial charge is 0.457 e. The van der Waals surface area contributed by atoms with Crippen molar-refractivity contribution in [2.24, 2.45) is 14.1 Å². The van der Waals surface area contributed by atoms with Crippen molar-refractivity contribution < 1.29 is 19.0 Å². The van der Waals surface area contributed by atoms with Gasteiger partial charge in [-0.15, -0.1) is 0 Å². The third kappa shape index (κ3) is 3.45. The van der Waals surface area contributed by atoms with Crippen LogP contribution in [0.3, 0.4) is 0 Å². The standard InChI is InChI=1S/C25H23N3O6/c1-14-19(24(30)32-12-15-7-5-4-6-8-15)20(16-9-10-17-18(11-16)34-13-33-17)21-22(26-14)27(2)25(31)28(3)23(21)29/h4-11,20,26H,12-13H2,1-3H3. The van der Waals surface area contributed by atoms with E-state index < -0.39 is 23.1 Å². The van der Waals surface area contributed by atoms with Gasteiger partial charge < -0.3 is 19.5 Å². The van der Waals surface area contributed by atoms with Gasteiger partial charge in [-0.1, -0.05) is 36.4 Å². The van der Waals surface area contributed by atoms with Gasteiger partial charge in [0.2, 0.25) is 6.79 Å². The van der Waals surface area contributed by atoms with E-state index in [9.17, 15) is 14.4 Å². The minimum absolute atomic E-state index is 0.0858. The van der Waals surface area contributed by atoms with Gasteiger partial charge in [-0.25, -0.2) is 9.59 Å². The molecular weight excluding hydrogens is 438 g/mol. The third-order valence-electron chi connectivity index (χ3n) is 6.15. The van der Waals surface area contributed by atoms with Crippen LogP contribution in [0.4, 0.5) is 5.82 Å². The maximum absolute atomic E-state index is 13.4. The first kappa shape index (κ1) is 21.6. The summed E-state index contributed by atoms with van der Waals surface area (Å²) in [6.45, 7) is 1.91. The first-order chi connectivity index (χ1) is 16.4. The number of nitrogens with zero attached hydrogens (tertiary/aromatic N) is 2. The molecule has 0 aliphatic carbocycles. The lowest BCUT2D eigenvalue weighted by molar-refractivity contribution is -0.140. The summed E-state index contributed by atoms with van der Waals surface area (Å²) in [5.74, 6) is 0.111. The number of rotatable bonds is 4. The van der Waals surface area contributed by atoms with E-state index in [1.165, 1.54) is 11.6 Å². The quantitative estimate of drug-likeness (QED) is 0.596. The van der Waals surface area contributed by atoms with Gasteiger partial charge in [-0.3, -0.25) is 13.9 Å². The van der Waals surface area contributed by atoms with E-state index in [0.717, 1.165) is 10.1 Å². The van der Waals surface area contributed by atoms with Crippen LogP contribution in [0.2, 0.25) is 0 Å². The number of carbonyl (C=O) groups excluding carboxylic acids is 1. The molecule has 34 heavy (non-hydrogen) atoms. The molecule has 0 saturated carbocycles. The maximum atomic E-state index is 13.4. The van der Waals surface area contributed by atoms with Gasteiger partial charge >= 0.3 is 11.7 Å². The summed E-state index contributed by atoms with van der Waals surface area (Å²) in [4.78, 5) is 39.3. The van der Waals surface area contributed by atoms with Crippen LogP contribution in [-0.4, -0.2) is 21.9 Å². The summed E-state index contributed by atoms with van der Waals surface area (Å²) in [5.41, 5.74) is 1.60. The van der Waals surface area contributed by atoms with Gasteiger partial charge in [0.15, 0.2) is 11.5 Å². The highest BCUT2D eigenvalue weighted by molar-refractivity contribution is 5.94. The number of benzene rings is 2. The number of fused-ring (bicyclic) bond motifs is 2. The molecule has 1 aromatic heterocycles. The van der Waals surface area contributed by atoms with Crippen LogP contribution in [0.25, 0.3) is 0 Å². The lowest BCUT2D eigenvalue weighted by Crippen LogP contribution is -2.43. The molecule has 9 nitrogen and oxygen atoms in total. The zero-order chi connectivity index (χ0) is 24.0. The molecule has 0 saturated heterocycles. The van der Waals surface area contributed by atoms with E-state index in [1.54, 1.807) is 32.2 Å². The molecule has 2 aromatic carbocycles. The normalized spacial score (nSPS) is 16.1. The van der Waals surface area contributed by atoms with Gasteiger partial charge in [0, 0.05) is 19.8 Å². The average Bonchev–Trinajstić information content (AvgIpc) is 3.32. The second-order valence-corrected chi connectivity index (χ2v) is 8.24. The second kappa shape index (κ2) is 8.26. The molecule has 2 aliphatic heterocycles. The van der Waals surface area contributed by atoms with Gasteiger partial charge in [-0.05, 0) is 30.2 Å². The first-order valence-electron chi connectivity index (χ1n) is 10.7. The van der Waals surface area contributed by atoms with Crippen LogP contribution in [-0.2, 0) is 30.2 Å². The summed E-state index contributed by atoms with van der Waals surface area (Å²) in [6, 6.07) is 14.6. The number of esters is 1. The lowest BCUT2D eigenvalue weighted by atomic mass is 9.82. The Morgan fingerprint density at radius 3 is 2.56 bits per heavy atom. The van der Waals surface area contributed by atoms with E-state index in [-0.39, 0.29) is 24.5 Å². The SMILES string of the molecule is CC1=C(C(=O)OCc2ccccc2)C(c2ccc3c(c2)OCO3)c2c(n(C)c(=O)n(C)c2=O)N1. The number of ether oxygens (including phenoxy) is 3. The van der Waals surface area contributed by atoms with Gasteiger partial charge in [0.25, 0.3) is 5.56 Å². The minimum atomic E-state index is -0.778. The van der Waals surface area contributed by atoms with Crippen molar-refractivity contribution in [3.05, 3.63) is 97.3 Å². The van der Waals surface area contributed by atoms with E-state index in [1.807, 2.05) is 30.3 Å². The Balaban J connectivity index is 1.65. The summed E-state index contributed by atoms with van der Waals surface area (Å²) < 4.78 is 19.0.